The zero-order chi connectivity index (χ0) is 15.4. The van der Waals surface area contributed by atoms with Crippen molar-refractivity contribution in [2.75, 3.05) is 5.32 Å². The van der Waals surface area contributed by atoms with Crippen molar-refractivity contribution in [3.63, 3.8) is 0 Å². The number of nitrogens with one attached hydrogen (secondary N) is 1. The van der Waals surface area contributed by atoms with E-state index in [1.807, 2.05) is 6.92 Å². The van der Waals surface area contributed by atoms with Gasteiger partial charge in [-0.3, -0.25) is 14.3 Å². The van der Waals surface area contributed by atoms with E-state index in [1.165, 1.54) is 0 Å². The Bertz CT molecular complexity index is 677. The fraction of sp³-hybridized carbons (Fsp3) is 0.267. The monoisotopic (exact) mass is 287 g/mol. The van der Waals surface area contributed by atoms with E-state index in [2.05, 4.69) is 10.4 Å². The summed E-state index contributed by atoms with van der Waals surface area (Å²) in [4.78, 5) is 23.0. The van der Waals surface area contributed by atoms with E-state index in [0.717, 1.165) is 5.69 Å². The minimum Gasteiger partial charge on any atom is -0.481 e. The summed E-state index contributed by atoms with van der Waals surface area (Å²) in [6, 6.07) is 6.82. The molecular weight excluding hydrogens is 270 g/mol. The van der Waals surface area contributed by atoms with Crippen LogP contribution in [0.15, 0.2) is 30.5 Å². The molecule has 1 aromatic heterocycles. The molecule has 1 amide bonds. The minimum absolute atomic E-state index is 0.0726. The lowest BCUT2D eigenvalue weighted by atomic mass is 10.1. The first-order chi connectivity index (χ1) is 9.99. The number of aliphatic carboxylic acids is 1. The predicted octanol–water partition coefficient (Wildman–Crippen LogP) is 1.86. The number of carbonyl (C=O) groups excluding carboxylic acids is 1. The highest BCUT2D eigenvalue weighted by Crippen LogP contribution is 2.14. The molecule has 0 radical (unpaired) electrons. The summed E-state index contributed by atoms with van der Waals surface area (Å²) in [5.74, 6) is -1.15. The van der Waals surface area contributed by atoms with E-state index in [-0.39, 0.29) is 12.3 Å². The zero-order valence-corrected chi connectivity index (χ0v) is 12.0. The molecule has 21 heavy (non-hydrogen) atoms. The first kappa shape index (κ1) is 14.8. The molecule has 0 saturated carbocycles. The number of amides is 1. The number of aryl methyl sites for hydroxylation is 2. The molecule has 0 aliphatic carbocycles. The number of hydrogen-bond acceptors (Lipinski definition) is 3. The zero-order valence-electron chi connectivity index (χ0n) is 12.0. The van der Waals surface area contributed by atoms with Crippen LogP contribution in [0.5, 0.6) is 0 Å². The van der Waals surface area contributed by atoms with E-state index in [1.54, 1.807) is 42.2 Å². The number of benzene rings is 1. The molecule has 0 atom stereocenters. The molecule has 0 unspecified atom stereocenters. The Morgan fingerprint density at radius 3 is 2.81 bits per heavy atom. The number of rotatable bonds is 5. The quantitative estimate of drug-likeness (QED) is 0.879. The molecule has 0 spiro atoms. The molecule has 0 bridgehead atoms. The third-order valence-corrected chi connectivity index (χ3v) is 3.02. The summed E-state index contributed by atoms with van der Waals surface area (Å²) >= 11 is 0. The van der Waals surface area contributed by atoms with E-state index in [4.69, 9.17) is 5.11 Å². The molecule has 0 fully saturated rings. The number of carbonyl (C=O) groups is 2. The number of aromatic nitrogens is 2. The highest BCUT2D eigenvalue weighted by Gasteiger charge is 2.14. The molecule has 2 N–H and O–H groups in total. The summed E-state index contributed by atoms with van der Waals surface area (Å²) in [6.45, 7) is 1.94. The fourth-order valence-electron chi connectivity index (χ4n) is 2.12. The Balaban J connectivity index is 2.17. The molecular formula is C15H17N3O3. The van der Waals surface area contributed by atoms with Crippen LogP contribution >= 0.6 is 0 Å². The molecule has 0 aliphatic rings. The number of carboxylic acid groups (broad SMARTS) is 1. The van der Waals surface area contributed by atoms with Crippen molar-refractivity contribution in [2.45, 2.75) is 19.8 Å². The summed E-state index contributed by atoms with van der Waals surface area (Å²) < 4.78 is 1.61. The smallest absolute Gasteiger partial charge is 0.307 e. The number of anilines is 1. The second-order valence-corrected chi connectivity index (χ2v) is 4.74. The number of nitrogens with zero attached hydrogens (tertiary/aromatic N) is 2. The number of hydrogen-bond donors (Lipinski definition) is 2. The molecule has 110 valence electrons. The van der Waals surface area contributed by atoms with Gasteiger partial charge in [-0.2, -0.15) is 5.10 Å². The van der Waals surface area contributed by atoms with Crippen molar-refractivity contribution >= 4 is 17.6 Å². The second kappa shape index (κ2) is 6.21. The van der Waals surface area contributed by atoms with Gasteiger partial charge in [0.15, 0.2) is 0 Å². The Hall–Kier alpha value is -2.63. The highest BCUT2D eigenvalue weighted by molar-refractivity contribution is 6.05. The van der Waals surface area contributed by atoms with Gasteiger partial charge in [0.05, 0.1) is 17.7 Å². The molecule has 6 heteroatoms. The van der Waals surface area contributed by atoms with Gasteiger partial charge in [0.1, 0.15) is 0 Å². The van der Waals surface area contributed by atoms with Gasteiger partial charge in [-0.25, -0.2) is 0 Å². The van der Waals surface area contributed by atoms with Gasteiger partial charge in [0.2, 0.25) is 0 Å². The van der Waals surface area contributed by atoms with Crippen molar-refractivity contribution in [1.82, 2.24) is 9.78 Å². The van der Waals surface area contributed by atoms with Crippen molar-refractivity contribution in [3.8, 4) is 0 Å². The van der Waals surface area contributed by atoms with Crippen molar-refractivity contribution in [3.05, 3.63) is 47.3 Å². The lowest BCUT2D eigenvalue weighted by Gasteiger charge is -2.06. The summed E-state index contributed by atoms with van der Waals surface area (Å²) in [5, 5.41) is 15.8. The fourth-order valence-corrected chi connectivity index (χ4v) is 2.12. The predicted molar refractivity (Wildman–Crippen MR) is 78.3 cm³/mol. The summed E-state index contributed by atoms with van der Waals surface area (Å²) in [5.41, 5.74) is 2.48. The maximum Gasteiger partial charge on any atom is 0.307 e. The Kier molecular flexibility index (Phi) is 4.37. The van der Waals surface area contributed by atoms with Gasteiger partial charge in [0.25, 0.3) is 5.91 Å². The lowest BCUT2D eigenvalue weighted by Crippen LogP contribution is -2.13. The molecule has 2 aromatic rings. The first-order valence-electron chi connectivity index (χ1n) is 6.64. The maximum atomic E-state index is 12.3. The van der Waals surface area contributed by atoms with Gasteiger partial charge >= 0.3 is 5.97 Å². The number of carboxylic acids is 1. The van der Waals surface area contributed by atoms with Crippen molar-refractivity contribution < 1.29 is 14.7 Å². The normalized spacial score (nSPS) is 10.4. The van der Waals surface area contributed by atoms with Crippen molar-refractivity contribution in [1.29, 1.82) is 0 Å². The Morgan fingerprint density at radius 1 is 1.38 bits per heavy atom. The first-order valence-corrected chi connectivity index (χ1v) is 6.64. The standard InChI is InChI=1S/C15H17N3O3/c1-3-13-12(9-18(2)17-13)15(21)16-11-6-4-5-10(7-11)8-14(19)20/h4-7,9H,3,8H2,1-2H3,(H,16,21)(H,19,20). The van der Waals surface area contributed by atoms with Crippen LogP contribution in [0.4, 0.5) is 5.69 Å². The summed E-state index contributed by atoms with van der Waals surface area (Å²) in [7, 11) is 1.77. The highest BCUT2D eigenvalue weighted by atomic mass is 16.4. The van der Waals surface area contributed by atoms with Gasteiger partial charge < -0.3 is 10.4 Å². The van der Waals surface area contributed by atoms with Gasteiger partial charge in [-0.15, -0.1) is 0 Å². The molecule has 1 heterocycles. The van der Waals surface area contributed by atoms with E-state index >= 15 is 0 Å². The van der Waals surface area contributed by atoms with E-state index < -0.39 is 5.97 Å². The van der Waals surface area contributed by atoms with E-state index in [9.17, 15) is 9.59 Å². The average molecular weight is 287 g/mol. The van der Waals surface area contributed by atoms with E-state index in [0.29, 0.717) is 23.2 Å². The second-order valence-electron chi connectivity index (χ2n) is 4.74. The van der Waals surface area contributed by atoms with Crippen LogP contribution < -0.4 is 5.32 Å². The van der Waals surface area contributed by atoms with Gasteiger partial charge in [-0.05, 0) is 24.1 Å². The van der Waals surface area contributed by atoms with Crippen LogP contribution in [-0.2, 0) is 24.7 Å². The third-order valence-electron chi connectivity index (χ3n) is 3.02. The average Bonchev–Trinajstić information content (AvgIpc) is 2.79. The Morgan fingerprint density at radius 2 is 2.14 bits per heavy atom. The van der Waals surface area contributed by atoms with Crippen molar-refractivity contribution in [2.24, 2.45) is 7.05 Å². The molecule has 1 aromatic carbocycles. The molecule has 0 saturated heterocycles. The van der Waals surface area contributed by atoms with Crippen LogP contribution in [0.3, 0.4) is 0 Å². The van der Waals surface area contributed by atoms with Crippen LogP contribution in [0, 0.1) is 0 Å². The Labute approximate surface area is 122 Å². The van der Waals surface area contributed by atoms with Crippen LogP contribution in [0.1, 0.15) is 28.5 Å². The topological polar surface area (TPSA) is 84.2 Å². The van der Waals surface area contributed by atoms with Crippen LogP contribution in [-0.4, -0.2) is 26.8 Å². The van der Waals surface area contributed by atoms with Gasteiger partial charge in [-0.1, -0.05) is 19.1 Å². The molecule has 6 nitrogen and oxygen atoms in total. The maximum absolute atomic E-state index is 12.3. The molecule has 0 aliphatic heterocycles. The SMILES string of the molecule is CCc1nn(C)cc1C(=O)Nc1cccc(CC(=O)O)c1. The summed E-state index contributed by atoms with van der Waals surface area (Å²) in [6.07, 6.45) is 2.27. The lowest BCUT2D eigenvalue weighted by molar-refractivity contribution is -0.136. The van der Waals surface area contributed by atoms with Crippen LogP contribution in [0.25, 0.3) is 0 Å². The third kappa shape index (κ3) is 3.68. The largest absolute Gasteiger partial charge is 0.481 e. The molecule has 2 rings (SSSR count). The minimum atomic E-state index is -0.904. The van der Waals surface area contributed by atoms with Crippen LogP contribution in [0.2, 0.25) is 0 Å². The van der Waals surface area contributed by atoms with Gasteiger partial charge in [0, 0.05) is 18.9 Å².